The number of morpholine rings is 1. The van der Waals surface area contributed by atoms with Crippen LogP contribution in [0.25, 0.3) is 0 Å². The quantitative estimate of drug-likeness (QED) is 0.592. The van der Waals surface area contributed by atoms with Crippen molar-refractivity contribution in [1.82, 2.24) is 5.32 Å². The van der Waals surface area contributed by atoms with Crippen molar-refractivity contribution < 1.29 is 22.7 Å². The summed E-state index contributed by atoms with van der Waals surface area (Å²) in [6.07, 6.45) is -7.29. The van der Waals surface area contributed by atoms with Crippen molar-refractivity contribution in [3.63, 3.8) is 0 Å². The molecule has 0 spiro atoms. The van der Waals surface area contributed by atoms with Crippen molar-refractivity contribution in [2.75, 3.05) is 6.54 Å². The van der Waals surface area contributed by atoms with Crippen LogP contribution in [0.1, 0.15) is 6.92 Å². The Morgan fingerprint density at radius 2 is 2.17 bits per heavy atom. The van der Waals surface area contributed by atoms with Crippen molar-refractivity contribution in [2.24, 2.45) is 0 Å². The molecule has 12 heavy (non-hydrogen) atoms. The van der Waals surface area contributed by atoms with Gasteiger partial charge in [-0.05, 0) is 6.92 Å². The van der Waals surface area contributed by atoms with Crippen LogP contribution in [-0.4, -0.2) is 30.8 Å². The molecule has 1 N–H and O–H groups in total. The van der Waals surface area contributed by atoms with Crippen LogP contribution in [0.5, 0.6) is 0 Å². The standard InChI is InChI=1S/C6H8F3NO2/c1-3-5(11)10-2-4(12-3)6(7,8)9/h3-4H,2H2,1H3,(H,10,11)/t3-,4-/m0/s1. The van der Waals surface area contributed by atoms with E-state index < -0.39 is 30.8 Å². The van der Waals surface area contributed by atoms with E-state index in [0.717, 1.165) is 0 Å². The molecule has 0 aromatic rings. The molecule has 2 atom stereocenters. The molecule has 1 aliphatic heterocycles. The first-order chi connectivity index (χ1) is 5.41. The molecular formula is C6H8F3NO2. The normalized spacial score (nSPS) is 31.5. The number of halogens is 3. The third-order valence-electron chi connectivity index (χ3n) is 1.56. The molecule has 1 amide bonds. The van der Waals surface area contributed by atoms with Crippen molar-refractivity contribution in [1.29, 1.82) is 0 Å². The van der Waals surface area contributed by atoms with Gasteiger partial charge in [0.25, 0.3) is 0 Å². The van der Waals surface area contributed by atoms with Crippen LogP contribution in [0.15, 0.2) is 0 Å². The molecule has 1 heterocycles. The van der Waals surface area contributed by atoms with E-state index in [1.165, 1.54) is 6.92 Å². The number of nitrogens with one attached hydrogen (secondary N) is 1. The van der Waals surface area contributed by atoms with Gasteiger partial charge in [0, 0.05) is 0 Å². The highest BCUT2D eigenvalue weighted by Gasteiger charge is 2.44. The van der Waals surface area contributed by atoms with Crippen LogP contribution in [0.3, 0.4) is 0 Å². The Kier molecular flexibility index (Phi) is 2.27. The second-order valence-electron chi connectivity index (χ2n) is 2.55. The Bertz CT molecular complexity index is 192. The Balaban J connectivity index is 2.57. The number of rotatable bonds is 0. The van der Waals surface area contributed by atoms with Crippen LogP contribution in [0, 0.1) is 0 Å². The Hall–Kier alpha value is -0.780. The smallest absolute Gasteiger partial charge is 0.354 e. The molecule has 1 saturated heterocycles. The lowest BCUT2D eigenvalue weighted by Crippen LogP contribution is -2.53. The van der Waals surface area contributed by atoms with Gasteiger partial charge in [-0.3, -0.25) is 4.79 Å². The summed E-state index contributed by atoms with van der Waals surface area (Å²) in [6, 6.07) is 0. The van der Waals surface area contributed by atoms with Gasteiger partial charge in [0.05, 0.1) is 6.54 Å². The molecule has 0 saturated carbocycles. The fraction of sp³-hybridized carbons (Fsp3) is 0.833. The van der Waals surface area contributed by atoms with Gasteiger partial charge in [-0.15, -0.1) is 0 Å². The average Bonchev–Trinajstić information content (AvgIpc) is 1.92. The topological polar surface area (TPSA) is 38.3 Å². The van der Waals surface area contributed by atoms with Crippen molar-refractivity contribution in [3.8, 4) is 0 Å². The largest absolute Gasteiger partial charge is 0.416 e. The van der Waals surface area contributed by atoms with Crippen molar-refractivity contribution >= 4 is 5.91 Å². The number of hydrogen-bond donors (Lipinski definition) is 1. The van der Waals surface area contributed by atoms with E-state index in [4.69, 9.17) is 0 Å². The van der Waals surface area contributed by atoms with Gasteiger partial charge in [0.2, 0.25) is 5.91 Å². The molecule has 0 radical (unpaired) electrons. The van der Waals surface area contributed by atoms with Gasteiger partial charge in [-0.1, -0.05) is 0 Å². The Labute approximate surface area is 66.9 Å². The van der Waals surface area contributed by atoms with E-state index >= 15 is 0 Å². The van der Waals surface area contributed by atoms with Gasteiger partial charge >= 0.3 is 6.18 Å². The van der Waals surface area contributed by atoms with Crippen LogP contribution >= 0.6 is 0 Å². The summed E-state index contributed by atoms with van der Waals surface area (Å²) in [7, 11) is 0. The van der Waals surface area contributed by atoms with Gasteiger partial charge in [0.1, 0.15) is 6.10 Å². The molecule has 3 nitrogen and oxygen atoms in total. The highest BCUT2D eigenvalue weighted by molar-refractivity contribution is 5.80. The summed E-state index contributed by atoms with van der Waals surface area (Å²) < 4.78 is 40.3. The van der Waals surface area contributed by atoms with Crippen molar-refractivity contribution in [3.05, 3.63) is 0 Å². The summed E-state index contributed by atoms with van der Waals surface area (Å²) >= 11 is 0. The first kappa shape index (κ1) is 9.31. The molecule has 1 rings (SSSR count). The monoisotopic (exact) mass is 183 g/mol. The summed E-state index contributed by atoms with van der Waals surface area (Å²) in [5.74, 6) is -0.504. The first-order valence-electron chi connectivity index (χ1n) is 3.41. The third-order valence-corrected chi connectivity index (χ3v) is 1.56. The van der Waals surface area contributed by atoms with Gasteiger partial charge < -0.3 is 10.1 Å². The molecule has 1 aliphatic rings. The highest BCUT2D eigenvalue weighted by atomic mass is 19.4. The van der Waals surface area contributed by atoms with Crippen LogP contribution < -0.4 is 5.32 Å². The molecule has 0 aromatic heterocycles. The van der Waals surface area contributed by atoms with Crippen molar-refractivity contribution in [2.45, 2.75) is 25.3 Å². The lowest BCUT2D eigenvalue weighted by molar-refractivity contribution is -0.235. The van der Waals surface area contributed by atoms with Crippen LogP contribution in [0.4, 0.5) is 13.2 Å². The molecule has 6 heteroatoms. The molecule has 70 valence electrons. The second-order valence-corrected chi connectivity index (χ2v) is 2.55. The number of carbonyl (C=O) groups excluding carboxylic acids is 1. The predicted octanol–water partition coefficient (Wildman–Crippen LogP) is 0.452. The van der Waals surface area contributed by atoms with E-state index in [-0.39, 0.29) is 0 Å². The number of carbonyl (C=O) groups is 1. The zero-order valence-corrected chi connectivity index (χ0v) is 6.31. The highest BCUT2D eigenvalue weighted by Crippen LogP contribution is 2.25. The molecule has 0 aromatic carbocycles. The van der Waals surface area contributed by atoms with E-state index in [1.54, 1.807) is 0 Å². The van der Waals surface area contributed by atoms with E-state index in [1.807, 2.05) is 0 Å². The van der Waals surface area contributed by atoms with E-state index in [9.17, 15) is 18.0 Å². The zero-order chi connectivity index (χ0) is 9.35. The Morgan fingerprint density at radius 3 is 2.58 bits per heavy atom. The van der Waals surface area contributed by atoms with Gasteiger partial charge in [0.15, 0.2) is 6.10 Å². The Morgan fingerprint density at radius 1 is 1.58 bits per heavy atom. The minimum atomic E-state index is -4.40. The molecule has 1 fully saturated rings. The lowest BCUT2D eigenvalue weighted by Gasteiger charge is -2.29. The fourth-order valence-corrected chi connectivity index (χ4v) is 0.886. The van der Waals surface area contributed by atoms with Crippen LogP contribution in [0.2, 0.25) is 0 Å². The molecule has 0 aliphatic carbocycles. The summed E-state index contributed by atoms with van der Waals surface area (Å²) in [6.45, 7) is 0.792. The maximum absolute atomic E-state index is 12.0. The molecule has 0 unspecified atom stereocenters. The van der Waals surface area contributed by atoms with E-state index in [0.29, 0.717) is 0 Å². The summed E-state index contributed by atoms with van der Waals surface area (Å²) in [5, 5.41) is 2.10. The number of alkyl halides is 3. The third kappa shape index (κ3) is 1.88. The zero-order valence-electron chi connectivity index (χ0n) is 6.31. The van der Waals surface area contributed by atoms with Crippen LogP contribution in [-0.2, 0) is 9.53 Å². The minimum absolute atomic E-state index is 0.493. The molecular weight excluding hydrogens is 175 g/mol. The average molecular weight is 183 g/mol. The fourth-order valence-electron chi connectivity index (χ4n) is 0.886. The van der Waals surface area contributed by atoms with Gasteiger partial charge in [-0.25, -0.2) is 0 Å². The first-order valence-corrected chi connectivity index (χ1v) is 3.41. The number of hydrogen-bond acceptors (Lipinski definition) is 2. The SMILES string of the molecule is C[C@@H]1O[C@H](C(F)(F)F)CNC1=O. The number of ether oxygens (including phenoxy) is 1. The summed E-state index contributed by atoms with van der Waals surface area (Å²) in [4.78, 5) is 10.7. The van der Waals surface area contributed by atoms with Gasteiger partial charge in [-0.2, -0.15) is 13.2 Å². The molecule has 0 bridgehead atoms. The minimum Gasteiger partial charge on any atom is -0.354 e. The maximum Gasteiger partial charge on any atom is 0.416 e. The predicted molar refractivity (Wildman–Crippen MR) is 33.4 cm³/mol. The summed E-state index contributed by atoms with van der Waals surface area (Å²) in [5.41, 5.74) is 0. The second kappa shape index (κ2) is 2.93. The lowest BCUT2D eigenvalue weighted by atomic mass is 10.2. The maximum atomic E-state index is 12.0. The number of amides is 1. The van der Waals surface area contributed by atoms with E-state index in [2.05, 4.69) is 10.1 Å².